The molecule has 0 aliphatic carbocycles. The van der Waals surface area contributed by atoms with Crippen LogP contribution in [0.1, 0.15) is 50.2 Å². The number of aryl methyl sites for hydroxylation is 2. The van der Waals surface area contributed by atoms with E-state index in [0.29, 0.717) is 28.4 Å². The first-order chi connectivity index (χ1) is 15.9. The lowest BCUT2D eigenvalue weighted by Gasteiger charge is -2.25. The molecule has 5 rings (SSSR count). The van der Waals surface area contributed by atoms with Crippen molar-refractivity contribution in [1.82, 2.24) is 5.32 Å². The van der Waals surface area contributed by atoms with E-state index < -0.39 is 0 Å². The van der Waals surface area contributed by atoms with Crippen LogP contribution in [-0.4, -0.2) is 24.9 Å². The zero-order chi connectivity index (χ0) is 23.2. The highest BCUT2D eigenvalue weighted by Gasteiger charge is 2.47. The Morgan fingerprint density at radius 2 is 1.79 bits per heavy atom. The third-order valence-corrected chi connectivity index (χ3v) is 6.94. The molecule has 1 fully saturated rings. The van der Waals surface area contributed by atoms with Crippen LogP contribution < -0.4 is 15.5 Å². The van der Waals surface area contributed by atoms with E-state index in [1.807, 2.05) is 61.2 Å². The average Bonchev–Trinajstić information content (AvgIpc) is 3.60. The molecule has 1 atom stereocenters. The largest absolute Gasteiger partial charge is 0.322 e. The molecule has 3 aromatic rings. The molecule has 0 aromatic heterocycles. The lowest BCUT2D eigenvalue weighted by molar-refractivity contribution is 0.0985. The molecule has 168 valence electrons. The first-order valence-corrected chi connectivity index (χ1v) is 11.6. The topological polar surface area (TPSA) is 71.4 Å². The van der Waals surface area contributed by atoms with Gasteiger partial charge in [0.25, 0.3) is 11.8 Å². The molecule has 2 amide bonds. The van der Waals surface area contributed by atoms with Crippen LogP contribution in [0.25, 0.3) is 0 Å². The van der Waals surface area contributed by atoms with Crippen molar-refractivity contribution in [2.24, 2.45) is 0 Å². The molecule has 0 radical (unpaired) electrons. The third-order valence-electron chi connectivity index (χ3n) is 6.70. The number of amides is 2. The number of benzene rings is 3. The van der Waals surface area contributed by atoms with Gasteiger partial charge in [-0.05, 0) is 85.8 Å². The van der Waals surface area contributed by atoms with E-state index in [9.17, 15) is 9.59 Å². The van der Waals surface area contributed by atoms with Gasteiger partial charge < -0.3 is 15.5 Å². The van der Waals surface area contributed by atoms with E-state index in [1.54, 1.807) is 18.2 Å². The Morgan fingerprint density at radius 3 is 2.52 bits per heavy atom. The van der Waals surface area contributed by atoms with Gasteiger partial charge in [-0.2, -0.15) is 0 Å². The second-order valence-electron chi connectivity index (χ2n) is 8.96. The summed E-state index contributed by atoms with van der Waals surface area (Å²) in [5.74, 6) is -0.197. The first kappa shape index (κ1) is 21.7. The molecule has 6 heteroatoms. The van der Waals surface area contributed by atoms with E-state index in [4.69, 9.17) is 11.6 Å². The molecule has 1 spiro atoms. The van der Waals surface area contributed by atoms with Gasteiger partial charge in [-0.25, -0.2) is 0 Å². The molecule has 0 bridgehead atoms. The van der Waals surface area contributed by atoms with Crippen molar-refractivity contribution in [2.75, 3.05) is 23.3 Å². The summed E-state index contributed by atoms with van der Waals surface area (Å²) >= 11 is 6.30. The van der Waals surface area contributed by atoms with Gasteiger partial charge in [-0.15, -0.1) is 0 Å². The van der Waals surface area contributed by atoms with Crippen molar-refractivity contribution in [2.45, 2.75) is 32.2 Å². The molecule has 1 saturated heterocycles. The Hall–Kier alpha value is -3.15. The summed E-state index contributed by atoms with van der Waals surface area (Å²) in [6, 6.07) is 18.7. The predicted molar refractivity (Wildman–Crippen MR) is 132 cm³/mol. The van der Waals surface area contributed by atoms with Gasteiger partial charge in [0.1, 0.15) is 0 Å². The number of nitrogens with zero attached hydrogens (tertiary/aromatic N) is 1. The maximum atomic E-state index is 13.6. The van der Waals surface area contributed by atoms with E-state index in [-0.39, 0.29) is 17.4 Å². The van der Waals surface area contributed by atoms with Crippen LogP contribution in [0.4, 0.5) is 11.4 Å². The summed E-state index contributed by atoms with van der Waals surface area (Å²) in [6.45, 7) is 5.38. The summed E-state index contributed by atoms with van der Waals surface area (Å²) in [5, 5.41) is 7.12. The smallest absolute Gasteiger partial charge is 0.258 e. The number of hydrogen-bond donors (Lipinski definition) is 2. The fourth-order valence-corrected chi connectivity index (χ4v) is 4.93. The second kappa shape index (κ2) is 8.32. The quantitative estimate of drug-likeness (QED) is 0.512. The standard InChI is InChI=1S/C27H26ClN3O2/c1-17-6-3-4-7-21(17)25(32)30-20-9-10-22(18(2)14-20)26(33)31-13-5-12-27(16-29-27)23-15-19(28)8-11-24(23)31/h3-4,6-11,14-15,29H,5,12-13,16H2,1-2H3,(H,30,32). The molecule has 2 N–H and O–H groups in total. The molecule has 2 aliphatic rings. The highest BCUT2D eigenvalue weighted by molar-refractivity contribution is 6.30. The van der Waals surface area contributed by atoms with Gasteiger partial charge in [0.05, 0.1) is 5.54 Å². The number of fused-ring (bicyclic) bond motifs is 2. The molecule has 1 unspecified atom stereocenters. The number of nitrogens with one attached hydrogen (secondary N) is 2. The minimum absolute atomic E-state index is 0.0365. The Bertz CT molecular complexity index is 1270. The Kier molecular flexibility index (Phi) is 5.47. The molecule has 5 nitrogen and oxygen atoms in total. The number of anilines is 2. The van der Waals surface area contributed by atoms with Gasteiger partial charge in [-0.3, -0.25) is 9.59 Å². The first-order valence-electron chi connectivity index (χ1n) is 11.2. The number of hydrogen-bond acceptors (Lipinski definition) is 3. The molecule has 3 aromatic carbocycles. The van der Waals surface area contributed by atoms with Gasteiger partial charge in [0.15, 0.2) is 0 Å². The van der Waals surface area contributed by atoms with Crippen LogP contribution in [0.5, 0.6) is 0 Å². The zero-order valence-corrected chi connectivity index (χ0v) is 19.5. The molecule has 2 aliphatic heterocycles. The van der Waals surface area contributed by atoms with Crippen LogP contribution in [0.3, 0.4) is 0 Å². The van der Waals surface area contributed by atoms with Crippen molar-refractivity contribution in [3.05, 3.63) is 93.5 Å². The van der Waals surface area contributed by atoms with E-state index in [1.165, 1.54) is 0 Å². The molecule has 2 heterocycles. The average molecular weight is 460 g/mol. The fraction of sp³-hybridized carbons (Fsp3) is 0.259. The lowest BCUT2D eigenvalue weighted by Crippen LogP contribution is -2.32. The van der Waals surface area contributed by atoms with Crippen LogP contribution in [-0.2, 0) is 5.54 Å². The maximum Gasteiger partial charge on any atom is 0.258 e. The molecular weight excluding hydrogens is 434 g/mol. The van der Waals surface area contributed by atoms with Crippen LogP contribution in [0.2, 0.25) is 5.02 Å². The summed E-state index contributed by atoms with van der Waals surface area (Å²) in [4.78, 5) is 28.2. The van der Waals surface area contributed by atoms with Gasteiger partial charge in [0, 0.05) is 40.6 Å². The van der Waals surface area contributed by atoms with Gasteiger partial charge >= 0.3 is 0 Å². The predicted octanol–water partition coefficient (Wildman–Crippen LogP) is 5.45. The zero-order valence-electron chi connectivity index (χ0n) is 18.7. The Labute approximate surface area is 198 Å². The van der Waals surface area contributed by atoms with E-state index in [2.05, 4.69) is 10.6 Å². The summed E-state index contributed by atoms with van der Waals surface area (Å²) < 4.78 is 0. The summed E-state index contributed by atoms with van der Waals surface area (Å²) in [5.41, 5.74) is 5.63. The van der Waals surface area contributed by atoms with Crippen LogP contribution in [0.15, 0.2) is 60.7 Å². The highest BCUT2D eigenvalue weighted by Crippen LogP contribution is 2.44. The molecule has 0 saturated carbocycles. The number of halogens is 1. The minimum atomic E-state index is -0.160. The Morgan fingerprint density at radius 1 is 1.00 bits per heavy atom. The Balaban J connectivity index is 1.41. The molecular formula is C27H26ClN3O2. The fourth-order valence-electron chi connectivity index (χ4n) is 4.76. The minimum Gasteiger partial charge on any atom is -0.322 e. The van der Waals surface area contributed by atoms with Crippen LogP contribution in [0, 0.1) is 13.8 Å². The van der Waals surface area contributed by atoms with Crippen molar-refractivity contribution in [3.8, 4) is 0 Å². The maximum absolute atomic E-state index is 13.6. The molecule has 33 heavy (non-hydrogen) atoms. The second-order valence-corrected chi connectivity index (χ2v) is 9.39. The third kappa shape index (κ3) is 4.03. The number of rotatable bonds is 3. The summed E-state index contributed by atoms with van der Waals surface area (Å²) in [6.07, 6.45) is 1.89. The van der Waals surface area contributed by atoms with Gasteiger partial charge in [0.2, 0.25) is 0 Å². The van der Waals surface area contributed by atoms with Crippen molar-refractivity contribution >= 4 is 34.8 Å². The van der Waals surface area contributed by atoms with Crippen LogP contribution >= 0.6 is 11.6 Å². The van der Waals surface area contributed by atoms with E-state index >= 15 is 0 Å². The lowest BCUT2D eigenvalue weighted by atomic mass is 9.94. The number of carbonyl (C=O) groups is 2. The number of carbonyl (C=O) groups excluding carboxylic acids is 2. The summed E-state index contributed by atoms with van der Waals surface area (Å²) in [7, 11) is 0. The highest BCUT2D eigenvalue weighted by atomic mass is 35.5. The van der Waals surface area contributed by atoms with E-state index in [0.717, 1.165) is 41.8 Å². The van der Waals surface area contributed by atoms with Crippen molar-refractivity contribution in [1.29, 1.82) is 0 Å². The SMILES string of the molecule is Cc1ccccc1C(=O)Nc1ccc(C(=O)N2CCCC3(CN3)c3cc(Cl)ccc32)c(C)c1. The van der Waals surface area contributed by atoms with Crippen molar-refractivity contribution < 1.29 is 9.59 Å². The van der Waals surface area contributed by atoms with Crippen molar-refractivity contribution in [3.63, 3.8) is 0 Å². The normalized spacial score (nSPS) is 19.1. The monoisotopic (exact) mass is 459 g/mol. The van der Waals surface area contributed by atoms with Gasteiger partial charge in [-0.1, -0.05) is 29.8 Å².